The largest absolute Gasteiger partial charge is 0.477 e. The monoisotopic (exact) mass is 569 g/mol. The minimum atomic E-state index is -1.17. The molecule has 0 spiro atoms. The summed E-state index contributed by atoms with van der Waals surface area (Å²) in [4.78, 5) is 53.5. The molecule has 6 rings (SSSR count). The van der Waals surface area contributed by atoms with Gasteiger partial charge < -0.3 is 25.8 Å². The zero-order chi connectivity index (χ0) is 29.6. The molecule has 4 aromatic rings. The van der Waals surface area contributed by atoms with Crippen LogP contribution in [-0.4, -0.2) is 73.4 Å². The molecule has 0 radical (unpaired) electrons. The number of nitrogens with one attached hydrogen (secondary N) is 1. The van der Waals surface area contributed by atoms with E-state index in [2.05, 4.69) is 15.3 Å². The van der Waals surface area contributed by atoms with E-state index in [4.69, 9.17) is 15.5 Å². The van der Waals surface area contributed by atoms with Gasteiger partial charge in [-0.05, 0) is 56.5 Å². The second kappa shape index (κ2) is 10.5. The van der Waals surface area contributed by atoms with Gasteiger partial charge in [0.2, 0.25) is 5.91 Å². The average molecular weight is 570 g/mol. The Morgan fingerprint density at radius 3 is 2.57 bits per heavy atom. The number of nitrogens with zero attached hydrogens (tertiary/aromatic N) is 5. The van der Waals surface area contributed by atoms with E-state index in [9.17, 15) is 19.5 Å². The summed E-state index contributed by atoms with van der Waals surface area (Å²) in [7, 11) is 0. The van der Waals surface area contributed by atoms with Gasteiger partial charge in [0.15, 0.2) is 5.69 Å². The highest BCUT2D eigenvalue weighted by Gasteiger charge is 2.45. The Kier molecular flexibility index (Phi) is 6.85. The van der Waals surface area contributed by atoms with Gasteiger partial charge in [0.1, 0.15) is 28.7 Å². The number of hydrogen-bond acceptors (Lipinski definition) is 8. The molecule has 0 saturated carbocycles. The Labute approximate surface area is 241 Å². The van der Waals surface area contributed by atoms with Crippen LogP contribution in [0.15, 0.2) is 48.8 Å². The van der Waals surface area contributed by atoms with Crippen molar-refractivity contribution in [1.29, 1.82) is 0 Å². The molecule has 2 fully saturated rings. The van der Waals surface area contributed by atoms with E-state index in [1.165, 1.54) is 6.20 Å². The first kappa shape index (κ1) is 27.3. The first-order valence-corrected chi connectivity index (χ1v) is 13.8. The highest BCUT2D eigenvalue weighted by Crippen LogP contribution is 2.37. The van der Waals surface area contributed by atoms with E-state index in [0.29, 0.717) is 60.3 Å². The molecule has 2 saturated heterocycles. The summed E-state index contributed by atoms with van der Waals surface area (Å²) >= 11 is 0. The normalized spacial score (nSPS) is 18.0. The molecule has 2 aliphatic rings. The number of piperidine rings is 1. The summed E-state index contributed by atoms with van der Waals surface area (Å²) < 4.78 is 6.86. The third-order valence-electron chi connectivity index (χ3n) is 7.94. The number of nitrogens with two attached hydrogens (primary N) is 1. The molecule has 1 aromatic carbocycles. The first-order valence-electron chi connectivity index (χ1n) is 13.8. The van der Waals surface area contributed by atoms with Crippen molar-refractivity contribution >= 4 is 34.9 Å². The Bertz CT molecular complexity index is 1710. The van der Waals surface area contributed by atoms with Crippen LogP contribution in [0, 0.1) is 12.3 Å². The van der Waals surface area contributed by atoms with Crippen molar-refractivity contribution in [2.24, 2.45) is 5.41 Å². The number of nitrogen functional groups attached to an aromatic ring is 1. The highest BCUT2D eigenvalue weighted by atomic mass is 16.5. The number of imidazole rings is 1. The molecule has 12 heteroatoms. The van der Waals surface area contributed by atoms with E-state index in [0.717, 1.165) is 18.4 Å². The predicted octanol–water partition coefficient (Wildman–Crippen LogP) is 3.37. The third-order valence-corrected chi connectivity index (χ3v) is 7.94. The molecule has 0 unspecified atom stereocenters. The van der Waals surface area contributed by atoms with Gasteiger partial charge in [-0.25, -0.2) is 19.7 Å². The number of hydrogen-bond donors (Lipinski definition) is 3. The number of rotatable bonds is 6. The SMILES string of the molecule is Cc1ccnc(NC(=O)c2ccc(-c3nc([C@@H]4CCCN(C(=O)C5(C)COC5)C4)n4c(C(=O)O)cnc(N)c34)cc2)c1. The number of carbonyl (C=O) groups excluding carboxylic acids is 2. The van der Waals surface area contributed by atoms with Gasteiger partial charge in [0, 0.05) is 36.3 Å². The van der Waals surface area contributed by atoms with Crippen LogP contribution in [-0.2, 0) is 9.53 Å². The minimum absolute atomic E-state index is 0.0360. The van der Waals surface area contributed by atoms with Crippen molar-refractivity contribution in [1.82, 2.24) is 24.3 Å². The number of aryl methyl sites for hydroxylation is 1. The second-order valence-corrected chi connectivity index (χ2v) is 11.2. The van der Waals surface area contributed by atoms with Crippen LogP contribution in [0.2, 0.25) is 0 Å². The maximum Gasteiger partial charge on any atom is 0.354 e. The van der Waals surface area contributed by atoms with Gasteiger partial charge in [0.25, 0.3) is 5.91 Å². The fraction of sp³-hybridized carbons (Fsp3) is 0.333. The molecule has 2 amide bonds. The molecule has 216 valence electrons. The van der Waals surface area contributed by atoms with Crippen LogP contribution in [0.5, 0.6) is 0 Å². The molecule has 5 heterocycles. The van der Waals surface area contributed by atoms with Crippen molar-refractivity contribution in [2.45, 2.75) is 32.6 Å². The Balaban J connectivity index is 1.36. The highest BCUT2D eigenvalue weighted by molar-refractivity contribution is 6.04. The lowest BCUT2D eigenvalue weighted by molar-refractivity contribution is -0.169. The lowest BCUT2D eigenvalue weighted by atomic mass is 9.85. The summed E-state index contributed by atoms with van der Waals surface area (Å²) in [6.07, 6.45) is 4.33. The molecule has 1 atom stereocenters. The molecule has 12 nitrogen and oxygen atoms in total. The lowest BCUT2D eigenvalue weighted by Crippen LogP contribution is -2.55. The fourth-order valence-corrected chi connectivity index (χ4v) is 5.65. The van der Waals surface area contributed by atoms with Crippen molar-refractivity contribution in [3.8, 4) is 11.3 Å². The van der Waals surface area contributed by atoms with Gasteiger partial charge in [-0.2, -0.15) is 0 Å². The number of aromatic carboxylic acids is 1. The molecule has 2 aliphatic heterocycles. The van der Waals surface area contributed by atoms with E-state index in [1.54, 1.807) is 40.9 Å². The standard InChI is InChI=1S/C30H31N7O5/c1-17-9-10-32-22(12-17)34-27(38)19-7-5-18(6-8-19)23-24-25(31)33-13-21(28(39)40)37(24)26(35-23)20-4-3-11-36(14-20)29(41)30(2)15-42-16-30/h5-10,12-13,20H,3-4,11,14-16H2,1-2H3,(H2,31,33)(H,39,40)(H,32,34,38)/t20-/m1/s1. The third kappa shape index (κ3) is 4.83. The van der Waals surface area contributed by atoms with Crippen molar-refractivity contribution in [3.63, 3.8) is 0 Å². The van der Waals surface area contributed by atoms with Crippen LogP contribution in [0.4, 0.5) is 11.6 Å². The van der Waals surface area contributed by atoms with Crippen LogP contribution in [0.1, 0.15) is 57.9 Å². The van der Waals surface area contributed by atoms with E-state index >= 15 is 0 Å². The molecular formula is C30H31N7O5. The number of carboxylic acid groups (broad SMARTS) is 1. The Morgan fingerprint density at radius 1 is 1.14 bits per heavy atom. The van der Waals surface area contributed by atoms with Gasteiger partial charge in [-0.3, -0.25) is 14.0 Å². The Morgan fingerprint density at radius 2 is 1.90 bits per heavy atom. The smallest absolute Gasteiger partial charge is 0.354 e. The maximum absolute atomic E-state index is 13.3. The van der Waals surface area contributed by atoms with Gasteiger partial charge in [-0.1, -0.05) is 12.1 Å². The number of carbonyl (C=O) groups is 3. The Hall–Kier alpha value is -4.84. The molecule has 4 N–H and O–H groups in total. The molecular weight excluding hydrogens is 538 g/mol. The van der Waals surface area contributed by atoms with E-state index < -0.39 is 11.4 Å². The van der Waals surface area contributed by atoms with Crippen LogP contribution >= 0.6 is 0 Å². The molecule has 0 aliphatic carbocycles. The lowest BCUT2D eigenvalue weighted by Gasteiger charge is -2.42. The zero-order valence-corrected chi connectivity index (χ0v) is 23.3. The van der Waals surface area contributed by atoms with E-state index in [1.807, 2.05) is 24.8 Å². The number of amides is 2. The zero-order valence-electron chi connectivity index (χ0n) is 23.3. The molecule has 0 bridgehead atoms. The summed E-state index contributed by atoms with van der Waals surface area (Å²) in [5.41, 5.74) is 8.57. The van der Waals surface area contributed by atoms with Gasteiger partial charge in [-0.15, -0.1) is 0 Å². The van der Waals surface area contributed by atoms with Gasteiger partial charge in [0.05, 0.1) is 24.8 Å². The number of likely N-dealkylation sites (tertiary alicyclic amines) is 1. The van der Waals surface area contributed by atoms with Crippen LogP contribution in [0.3, 0.4) is 0 Å². The number of aromatic nitrogens is 4. The summed E-state index contributed by atoms with van der Waals surface area (Å²) in [6.45, 7) is 5.63. The van der Waals surface area contributed by atoms with E-state index in [-0.39, 0.29) is 29.2 Å². The quantitative estimate of drug-likeness (QED) is 0.316. The minimum Gasteiger partial charge on any atom is -0.477 e. The average Bonchev–Trinajstić information content (AvgIpc) is 3.37. The summed E-state index contributed by atoms with van der Waals surface area (Å²) in [5, 5.41) is 12.8. The van der Waals surface area contributed by atoms with Gasteiger partial charge >= 0.3 is 5.97 Å². The van der Waals surface area contributed by atoms with Crippen molar-refractivity contribution < 1.29 is 24.2 Å². The number of carboxylic acids is 1. The fourth-order valence-electron chi connectivity index (χ4n) is 5.65. The number of fused-ring (bicyclic) bond motifs is 1. The van der Waals surface area contributed by atoms with Crippen molar-refractivity contribution in [3.05, 3.63) is 71.4 Å². The maximum atomic E-state index is 13.3. The number of benzene rings is 1. The molecule has 3 aromatic heterocycles. The number of pyridine rings is 1. The van der Waals surface area contributed by atoms with Crippen LogP contribution < -0.4 is 11.1 Å². The van der Waals surface area contributed by atoms with Crippen LogP contribution in [0.25, 0.3) is 16.8 Å². The predicted molar refractivity (Wildman–Crippen MR) is 154 cm³/mol. The van der Waals surface area contributed by atoms with Crippen molar-refractivity contribution in [2.75, 3.05) is 37.4 Å². The molecule has 42 heavy (non-hydrogen) atoms. The number of anilines is 2. The summed E-state index contributed by atoms with van der Waals surface area (Å²) in [5.74, 6) is -0.587. The second-order valence-electron chi connectivity index (χ2n) is 11.2. The topological polar surface area (TPSA) is 165 Å². The first-order chi connectivity index (χ1) is 20.1. The summed E-state index contributed by atoms with van der Waals surface area (Å²) in [6, 6.07) is 10.4. The number of ether oxygens (including phenoxy) is 1.